The number of piperidine rings is 1. The van der Waals surface area contributed by atoms with Gasteiger partial charge in [0.05, 0.1) is 6.61 Å². The first-order chi connectivity index (χ1) is 7.77. The molecule has 0 aliphatic carbocycles. The standard InChI is InChI=1S/C13H28N2O/c1-4-15(12(3)11-16-5-2)10-13-6-8-14-9-7-13/h12-14H,4-11H2,1-3H3. The minimum Gasteiger partial charge on any atom is -0.380 e. The molecule has 1 aliphatic rings. The van der Waals surface area contributed by atoms with E-state index < -0.39 is 0 Å². The monoisotopic (exact) mass is 228 g/mol. The Bertz CT molecular complexity index is 169. The van der Waals surface area contributed by atoms with E-state index in [0.29, 0.717) is 6.04 Å². The predicted octanol–water partition coefficient (Wildman–Crippen LogP) is 1.73. The summed E-state index contributed by atoms with van der Waals surface area (Å²) < 4.78 is 5.51. The van der Waals surface area contributed by atoms with Crippen LogP contribution in [-0.2, 0) is 4.74 Å². The Kier molecular flexibility index (Phi) is 7.01. The van der Waals surface area contributed by atoms with E-state index in [2.05, 4.69) is 31.0 Å². The van der Waals surface area contributed by atoms with Crippen molar-refractivity contribution in [3.63, 3.8) is 0 Å². The van der Waals surface area contributed by atoms with Crippen molar-refractivity contribution in [2.75, 3.05) is 39.4 Å². The number of rotatable bonds is 7. The van der Waals surface area contributed by atoms with E-state index in [1.807, 2.05) is 0 Å². The van der Waals surface area contributed by atoms with Crippen LogP contribution in [0.15, 0.2) is 0 Å². The van der Waals surface area contributed by atoms with E-state index in [1.165, 1.54) is 32.5 Å². The molecule has 0 aromatic carbocycles. The van der Waals surface area contributed by atoms with Gasteiger partial charge in [-0.15, -0.1) is 0 Å². The van der Waals surface area contributed by atoms with Crippen LogP contribution in [0, 0.1) is 5.92 Å². The summed E-state index contributed by atoms with van der Waals surface area (Å²) in [6.45, 7) is 13.1. The van der Waals surface area contributed by atoms with Gasteiger partial charge < -0.3 is 10.1 Å². The number of nitrogens with one attached hydrogen (secondary N) is 1. The first-order valence-corrected chi connectivity index (χ1v) is 6.80. The Labute approximate surface area is 101 Å². The molecule has 1 saturated heterocycles. The second-order valence-corrected chi connectivity index (χ2v) is 4.79. The smallest absolute Gasteiger partial charge is 0.0618 e. The average molecular weight is 228 g/mol. The highest BCUT2D eigenvalue weighted by Crippen LogP contribution is 2.15. The third-order valence-electron chi connectivity index (χ3n) is 3.54. The van der Waals surface area contributed by atoms with Gasteiger partial charge in [-0.05, 0) is 52.2 Å². The second kappa shape index (κ2) is 8.04. The molecule has 1 unspecified atom stereocenters. The van der Waals surface area contributed by atoms with Crippen molar-refractivity contribution >= 4 is 0 Å². The molecule has 1 heterocycles. The molecule has 1 atom stereocenters. The molecule has 3 nitrogen and oxygen atoms in total. The number of nitrogens with zero attached hydrogens (tertiary/aromatic N) is 1. The Balaban J connectivity index is 2.28. The largest absolute Gasteiger partial charge is 0.380 e. The molecule has 0 spiro atoms. The van der Waals surface area contributed by atoms with Crippen LogP contribution >= 0.6 is 0 Å². The zero-order chi connectivity index (χ0) is 11.8. The molecule has 0 aromatic heterocycles. The summed E-state index contributed by atoms with van der Waals surface area (Å²) in [7, 11) is 0. The van der Waals surface area contributed by atoms with Crippen molar-refractivity contribution in [2.45, 2.75) is 39.7 Å². The maximum atomic E-state index is 5.51. The van der Waals surface area contributed by atoms with Crippen molar-refractivity contribution in [3.8, 4) is 0 Å². The van der Waals surface area contributed by atoms with E-state index in [-0.39, 0.29) is 0 Å². The van der Waals surface area contributed by atoms with Gasteiger partial charge in [-0.3, -0.25) is 4.90 Å². The van der Waals surface area contributed by atoms with Gasteiger partial charge in [-0.2, -0.15) is 0 Å². The molecule has 96 valence electrons. The number of hydrogen-bond donors (Lipinski definition) is 1. The van der Waals surface area contributed by atoms with Crippen LogP contribution in [0.3, 0.4) is 0 Å². The van der Waals surface area contributed by atoms with Crippen LogP contribution in [0.1, 0.15) is 33.6 Å². The molecular formula is C13H28N2O. The van der Waals surface area contributed by atoms with Gasteiger partial charge >= 0.3 is 0 Å². The molecule has 1 rings (SSSR count). The highest BCUT2D eigenvalue weighted by molar-refractivity contribution is 4.74. The maximum Gasteiger partial charge on any atom is 0.0618 e. The molecule has 0 bridgehead atoms. The van der Waals surface area contributed by atoms with Crippen molar-refractivity contribution in [1.82, 2.24) is 10.2 Å². The summed E-state index contributed by atoms with van der Waals surface area (Å²) in [5.74, 6) is 0.880. The normalized spacial score (nSPS) is 20.2. The molecule has 0 saturated carbocycles. The van der Waals surface area contributed by atoms with Gasteiger partial charge in [0.25, 0.3) is 0 Å². The highest BCUT2D eigenvalue weighted by Gasteiger charge is 2.19. The number of hydrogen-bond acceptors (Lipinski definition) is 3. The fourth-order valence-corrected chi connectivity index (χ4v) is 2.41. The predicted molar refractivity (Wildman–Crippen MR) is 68.8 cm³/mol. The number of ether oxygens (including phenoxy) is 1. The molecular weight excluding hydrogens is 200 g/mol. The zero-order valence-electron chi connectivity index (χ0n) is 11.2. The van der Waals surface area contributed by atoms with Crippen molar-refractivity contribution < 1.29 is 4.74 Å². The molecule has 3 heteroatoms. The lowest BCUT2D eigenvalue weighted by atomic mass is 9.97. The van der Waals surface area contributed by atoms with Crippen LogP contribution in [0.25, 0.3) is 0 Å². The second-order valence-electron chi connectivity index (χ2n) is 4.79. The third kappa shape index (κ3) is 4.81. The van der Waals surface area contributed by atoms with Crippen molar-refractivity contribution in [3.05, 3.63) is 0 Å². The van der Waals surface area contributed by atoms with Gasteiger partial charge in [0, 0.05) is 19.2 Å². The van der Waals surface area contributed by atoms with E-state index in [9.17, 15) is 0 Å². The Hall–Kier alpha value is -0.120. The van der Waals surface area contributed by atoms with E-state index in [4.69, 9.17) is 4.74 Å². The topological polar surface area (TPSA) is 24.5 Å². The lowest BCUT2D eigenvalue weighted by Gasteiger charge is -2.33. The van der Waals surface area contributed by atoms with Gasteiger partial charge in [0.1, 0.15) is 0 Å². The summed E-state index contributed by atoms with van der Waals surface area (Å²) in [6.07, 6.45) is 2.66. The maximum absolute atomic E-state index is 5.51. The van der Waals surface area contributed by atoms with Crippen LogP contribution < -0.4 is 5.32 Å². The average Bonchev–Trinajstić information content (AvgIpc) is 2.34. The highest BCUT2D eigenvalue weighted by atomic mass is 16.5. The summed E-state index contributed by atoms with van der Waals surface area (Å²) in [5.41, 5.74) is 0. The summed E-state index contributed by atoms with van der Waals surface area (Å²) in [5, 5.41) is 3.43. The molecule has 1 N–H and O–H groups in total. The van der Waals surface area contributed by atoms with E-state index in [0.717, 1.165) is 25.7 Å². The Morgan fingerprint density at radius 2 is 2.00 bits per heavy atom. The summed E-state index contributed by atoms with van der Waals surface area (Å²) in [4.78, 5) is 2.56. The van der Waals surface area contributed by atoms with Crippen LogP contribution in [-0.4, -0.2) is 50.3 Å². The van der Waals surface area contributed by atoms with Crippen LogP contribution in [0.4, 0.5) is 0 Å². The molecule has 16 heavy (non-hydrogen) atoms. The van der Waals surface area contributed by atoms with E-state index >= 15 is 0 Å². The van der Waals surface area contributed by atoms with Crippen molar-refractivity contribution in [2.24, 2.45) is 5.92 Å². The number of likely N-dealkylation sites (N-methyl/N-ethyl adjacent to an activating group) is 1. The SMILES string of the molecule is CCOCC(C)N(CC)CC1CCNCC1. The molecule has 0 radical (unpaired) electrons. The van der Waals surface area contributed by atoms with Gasteiger partial charge in [-0.25, -0.2) is 0 Å². The summed E-state index contributed by atoms with van der Waals surface area (Å²) >= 11 is 0. The molecule has 0 aromatic rings. The van der Waals surface area contributed by atoms with Crippen LogP contribution in [0.2, 0.25) is 0 Å². The zero-order valence-corrected chi connectivity index (χ0v) is 11.2. The first kappa shape index (κ1) is 13.9. The van der Waals surface area contributed by atoms with E-state index in [1.54, 1.807) is 0 Å². The minimum atomic E-state index is 0.555. The molecule has 1 aliphatic heterocycles. The fourth-order valence-electron chi connectivity index (χ4n) is 2.41. The van der Waals surface area contributed by atoms with Gasteiger partial charge in [0.2, 0.25) is 0 Å². The lowest BCUT2D eigenvalue weighted by Crippen LogP contribution is -2.42. The van der Waals surface area contributed by atoms with Crippen molar-refractivity contribution in [1.29, 1.82) is 0 Å². The first-order valence-electron chi connectivity index (χ1n) is 6.80. The molecule has 1 fully saturated rings. The summed E-state index contributed by atoms with van der Waals surface area (Å²) in [6, 6.07) is 0.555. The Morgan fingerprint density at radius 3 is 2.56 bits per heavy atom. The minimum absolute atomic E-state index is 0.555. The third-order valence-corrected chi connectivity index (χ3v) is 3.54. The quantitative estimate of drug-likeness (QED) is 0.718. The molecule has 0 amide bonds. The Morgan fingerprint density at radius 1 is 1.31 bits per heavy atom. The lowest BCUT2D eigenvalue weighted by molar-refractivity contribution is 0.0650. The van der Waals surface area contributed by atoms with Gasteiger partial charge in [-0.1, -0.05) is 6.92 Å². The van der Waals surface area contributed by atoms with Gasteiger partial charge in [0.15, 0.2) is 0 Å². The fraction of sp³-hybridized carbons (Fsp3) is 1.00. The van der Waals surface area contributed by atoms with Crippen LogP contribution in [0.5, 0.6) is 0 Å².